The van der Waals surface area contributed by atoms with Gasteiger partial charge in [0, 0.05) is 5.56 Å². The summed E-state index contributed by atoms with van der Waals surface area (Å²) in [4.78, 5) is 12.2. The smallest absolute Gasteiger partial charge is 0.212 e. The summed E-state index contributed by atoms with van der Waals surface area (Å²) in [7, 11) is 0. The van der Waals surface area contributed by atoms with Crippen LogP contribution in [0.2, 0.25) is 0 Å². The summed E-state index contributed by atoms with van der Waals surface area (Å²) in [5, 5.41) is 9.31. The van der Waals surface area contributed by atoms with E-state index in [-0.39, 0.29) is 11.4 Å². The van der Waals surface area contributed by atoms with Crippen molar-refractivity contribution in [2.24, 2.45) is 0 Å². The second-order valence-corrected chi connectivity index (χ2v) is 4.33. The van der Waals surface area contributed by atoms with Crippen molar-refractivity contribution in [2.45, 2.75) is 0 Å². The van der Waals surface area contributed by atoms with E-state index in [0.717, 1.165) is 11.1 Å². The number of nitrogens with two attached hydrogens (primary N) is 1. The van der Waals surface area contributed by atoms with E-state index in [9.17, 15) is 4.79 Å². The lowest BCUT2D eigenvalue weighted by Crippen LogP contribution is -2.09. The highest BCUT2D eigenvalue weighted by atomic mass is 16.3. The number of anilines is 1. The Morgan fingerprint density at radius 2 is 1.80 bits per heavy atom. The number of rotatable bonds is 1. The van der Waals surface area contributed by atoms with Gasteiger partial charge in [0.25, 0.3) is 0 Å². The molecule has 2 N–H and O–H groups in total. The highest BCUT2D eigenvalue weighted by Gasteiger charge is 2.14. The third kappa shape index (κ3) is 1.73. The topological polar surface area (TPSA) is 80.0 Å². The van der Waals surface area contributed by atoms with E-state index in [4.69, 9.17) is 15.4 Å². The molecule has 4 heteroatoms. The van der Waals surface area contributed by atoms with Crippen molar-refractivity contribution in [3.63, 3.8) is 0 Å². The SMILES string of the molecule is N#Cc1c(N)oc2c(-c3ccccc3)cccc2c1=O. The van der Waals surface area contributed by atoms with E-state index in [1.54, 1.807) is 18.2 Å². The van der Waals surface area contributed by atoms with Crippen LogP contribution in [0.1, 0.15) is 5.56 Å². The zero-order valence-electron chi connectivity index (χ0n) is 10.5. The van der Waals surface area contributed by atoms with Crippen LogP contribution in [0.4, 0.5) is 5.88 Å². The van der Waals surface area contributed by atoms with Crippen LogP contribution in [0, 0.1) is 11.3 Å². The molecule has 0 fully saturated rings. The van der Waals surface area contributed by atoms with Crippen LogP contribution in [0.25, 0.3) is 22.1 Å². The summed E-state index contributed by atoms with van der Waals surface area (Å²) in [6.07, 6.45) is 0. The molecule has 0 aliphatic rings. The molecular weight excluding hydrogens is 252 g/mol. The molecule has 0 saturated carbocycles. The first-order chi connectivity index (χ1) is 9.72. The zero-order chi connectivity index (χ0) is 14.1. The van der Waals surface area contributed by atoms with Crippen LogP contribution in [0.15, 0.2) is 57.7 Å². The quantitative estimate of drug-likeness (QED) is 0.731. The minimum atomic E-state index is -0.399. The summed E-state index contributed by atoms with van der Waals surface area (Å²) >= 11 is 0. The van der Waals surface area contributed by atoms with Gasteiger partial charge in [-0.25, -0.2) is 0 Å². The molecule has 4 nitrogen and oxygen atoms in total. The van der Waals surface area contributed by atoms with E-state index in [0.29, 0.717) is 11.0 Å². The number of nitrogen functional groups attached to an aromatic ring is 1. The maximum absolute atomic E-state index is 12.2. The van der Waals surface area contributed by atoms with Gasteiger partial charge in [-0.05, 0) is 11.6 Å². The van der Waals surface area contributed by atoms with Crippen molar-refractivity contribution in [1.29, 1.82) is 5.26 Å². The van der Waals surface area contributed by atoms with Gasteiger partial charge in [-0.3, -0.25) is 4.79 Å². The molecule has 3 rings (SSSR count). The summed E-state index contributed by atoms with van der Waals surface area (Å²) in [6.45, 7) is 0. The molecule has 0 amide bonds. The Morgan fingerprint density at radius 3 is 2.50 bits per heavy atom. The largest absolute Gasteiger partial charge is 0.439 e. The monoisotopic (exact) mass is 262 g/mol. The van der Waals surface area contributed by atoms with E-state index in [1.807, 2.05) is 36.4 Å². The Kier molecular flexibility index (Phi) is 2.73. The lowest BCUT2D eigenvalue weighted by Gasteiger charge is -2.07. The minimum Gasteiger partial charge on any atom is -0.439 e. The van der Waals surface area contributed by atoms with E-state index < -0.39 is 5.43 Å². The first-order valence-corrected chi connectivity index (χ1v) is 6.03. The first-order valence-electron chi connectivity index (χ1n) is 6.03. The number of benzene rings is 2. The Labute approximate surface area is 114 Å². The van der Waals surface area contributed by atoms with Crippen molar-refractivity contribution in [3.05, 3.63) is 64.3 Å². The second-order valence-electron chi connectivity index (χ2n) is 4.33. The van der Waals surface area contributed by atoms with Crippen LogP contribution < -0.4 is 11.2 Å². The Hall–Kier alpha value is -3.06. The number of fused-ring (bicyclic) bond motifs is 1. The number of nitriles is 1. The Balaban J connectivity index is 2.43. The number of para-hydroxylation sites is 1. The maximum atomic E-state index is 12.2. The molecule has 0 unspecified atom stereocenters. The van der Waals surface area contributed by atoms with E-state index in [2.05, 4.69) is 0 Å². The highest BCUT2D eigenvalue weighted by molar-refractivity contribution is 5.93. The Bertz CT molecular complexity index is 890. The van der Waals surface area contributed by atoms with Crippen LogP contribution >= 0.6 is 0 Å². The molecule has 1 heterocycles. The van der Waals surface area contributed by atoms with Crippen molar-refractivity contribution < 1.29 is 4.42 Å². The molecule has 0 atom stereocenters. The zero-order valence-corrected chi connectivity index (χ0v) is 10.5. The van der Waals surface area contributed by atoms with Gasteiger partial charge in [0.1, 0.15) is 11.7 Å². The van der Waals surface area contributed by atoms with Gasteiger partial charge >= 0.3 is 0 Å². The summed E-state index contributed by atoms with van der Waals surface area (Å²) in [5.41, 5.74) is 7.21. The van der Waals surface area contributed by atoms with Gasteiger partial charge in [-0.1, -0.05) is 42.5 Å². The Morgan fingerprint density at radius 1 is 1.05 bits per heavy atom. The number of hydrogen-bond acceptors (Lipinski definition) is 4. The molecule has 0 saturated heterocycles. The minimum absolute atomic E-state index is 0.145. The van der Waals surface area contributed by atoms with Crippen molar-refractivity contribution in [1.82, 2.24) is 0 Å². The standard InChI is InChI=1S/C16H10N2O2/c17-9-13-14(19)12-8-4-7-11(15(12)20-16(13)18)10-5-2-1-3-6-10/h1-8H,18H2. The molecule has 2 aromatic carbocycles. The van der Waals surface area contributed by atoms with Gasteiger partial charge in [-0.15, -0.1) is 0 Å². The lowest BCUT2D eigenvalue weighted by molar-refractivity contribution is 0.624. The molecule has 0 bridgehead atoms. The normalized spacial score (nSPS) is 10.3. The predicted octanol–water partition coefficient (Wildman–Crippen LogP) is 2.91. The van der Waals surface area contributed by atoms with Crippen LogP contribution in [-0.4, -0.2) is 0 Å². The fourth-order valence-electron chi connectivity index (χ4n) is 2.18. The molecular formula is C16H10N2O2. The molecule has 0 aliphatic carbocycles. The van der Waals surface area contributed by atoms with Gasteiger partial charge in [-0.2, -0.15) is 5.26 Å². The van der Waals surface area contributed by atoms with Gasteiger partial charge < -0.3 is 10.2 Å². The van der Waals surface area contributed by atoms with Crippen molar-refractivity contribution >= 4 is 16.9 Å². The second kappa shape index (κ2) is 4.56. The molecule has 20 heavy (non-hydrogen) atoms. The average Bonchev–Trinajstić information content (AvgIpc) is 2.48. The summed E-state index contributed by atoms with van der Waals surface area (Å²) in [5.74, 6) is -0.145. The first kappa shape index (κ1) is 12.0. The van der Waals surface area contributed by atoms with E-state index >= 15 is 0 Å². The number of nitrogens with zero attached hydrogens (tertiary/aromatic N) is 1. The lowest BCUT2D eigenvalue weighted by atomic mass is 10.0. The molecule has 0 spiro atoms. The summed E-state index contributed by atoms with van der Waals surface area (Å²) < 4.78 is 5.51. The molecule has 1 aromatic heterocycles. The fourth-order valence-corrected chi connectivity index (χ4v) is 2.18. The van der Waals surface area contributed by atoms with Crippen LogP contribution in [0.5, 0.6) is 0 Å². The average molecular weight is 262 g/mol. The van der Waals surface area contributed by atoms with Crippen LogP contribution in [-0.2, 0) is 0 Å². The molecule has 96 valence electrons. The van der Waals surface area contributed by atoms with Crippen molar-refractivity contribution in [2.75, 3.05) is 5.73 Å². The van der Waals surface area contributed by atoms with E-state index in [1.165, 1.54) is 0 Å². The van der Waals surface area contributed by atoms with Crippen LogP contribution in [0.3, 0.4) is 0 Å². The molecule has 0 radical (unpaired) electrons. The summed E-state index contributed by atoms with van der Waals surface area (Å²) in [6, 6.07) is 16.6. The third-order valence-corrected chi connectivity index (χ3v) is 3.14. The molecule has 0 aliphatic heterocycles. The fraction of sp³-hybridized carbons (Fsp3) is 0. The maximum Gasteiger partial charge on any atom is 0.212 e. The van der Waals surface area contributed by atoms with Gasteiger partial charge in [0.05, 0.1) is 5.39 Å². The third-order valence-electron chi connectivity index (χ3n) is 3.14. The van der Waals surface area contributed by atoms with Gasteiger partial charge in [0.15, 0.2) is 5.56 Å². The molecule has 3 aromatic rings. The predicted molar refractivity (Wildman–Crippen MR) is 77.0 cm³/mol. The number of hydrogen-bond donors (Lipinski definition) is 1. The van der Waals surface area contributed by atoms with Crippen molar-refractivity contribution in [3.8, 4) is 17.2 Å². The highest BCUT2D eigenvalue weighted by Crippen LogP contribution is 2.29. The van der Waals surface area contributed by atoms with Gasteiger partial charge in [0.2, 0.25) is 11.3 Å².